The van der Waals surface area contributed by atoms with E-state index in [9.17, 15) is 0 Å². The monoisotopic (exact) mass is 102 g/mol. The predicted molar refractivity (Wildman–Crippen MR) is 41.9 cm³/mol. The van der Waals surface area contributed by atoms with Crippen LogP contribution in [0.2, 0.25) is 0 Å². The van der Waals surface area contributed by atoms with Gasteiger partial charge in [-0.1, -0.05) is 0 Å². The third kappa shape index (κ3) is 0.835. The summed E-state index contributed by atoms with van der Waals surface area (Å²) in [6.07, 6.45) is 1.93. The fourth-order valence-corrected chi connectivity index (χ4v) is 0.875. The molecule has 1 heterocycles. The summed E-state index contributed by atoms with van der Waals surface area (Å²) in [7, 11) is 1.08. The van der Waals surface area contributed by atoms with Gasteiger partial charge in [0.2, 0.25) is 0 Å². The number of allylic oxidation sites excluding steroid dienone is 3. The predicted octanol–water partition coefficient (Wildman–Crippen LogP) is 0.318. The van der Waals surface area contributed by atoms with Gasteiger partial charge in [-0.05, 0) is 0 Å². The number of hydrogen-bond donors (Lipinski definition) is 0. The van der Waals surface area contributed by atoms with Crippen LogP contribution in [0.3, 0.4) is 0 Å². The van der Waals surface area contributed by atoms with Crippen LogP contribution in [-0.2, 0) is 0 Å². The van der Waals surface area contributed by atoms with Gasteiger partial charge in [-0.2, -0.15) is 0 Å². The Morgan fingerprint density at radius 3 is 2.88 bits per heavy atom. The molecule has 0 saturated heterocycles. The minimum absolute atomic E-state index is 1.08. The van der Waals surface area contributed by atoms with E-state index in [1.165, 1.54) is 11.0 Å². The van der Waals surface area contributed by atoms with Crippen LogP contribution >= 0.6 is 0 Å². The average molecular weight is 102 g/mol. The zero-order valence-electron chi connectivity index (χ0n) is 5.15. The molecule has 0 N–H and O–H groups in total. The van der Waals surface area contributed by atoms with E-state index < -0.39 is 0 Å². The molecule has 1 aliphatic rings. The van der Waals surface area contributed by atoms with Crippen molar-refractivity contribution >= 4 is 19.9 Å². The maximum absolute atomic E-state index is 3.70. The Balaban J connectivity index is 2.82. The van der Waals surface area contributed by atoms with Crippen LogP contribution in [0.1, 0.15) is 6.92 Å². The van der Waals surface area contributed by atoms with Crippen LogP contribution in [-0.4, -0.2) is 19.9 Å². The van der Waals surface area contributed by atoms with Crippen molar-refractivity contribution in [3.63, 3.8) is 0 Å². The van der Waals surface area contributed by atoms with E-state index in [0.717, 1.165) is 7.17 Å². The van der Waals surface area contributed by atoms with Gasteiger partial charge in [0.1, 0.15) is 0 Å². The molecule has 0 saturated carbocycles. The fourth-order valence-electron chi connectivity index (χ4n) is 0.875. The SMILES string of the molecule is C=CC1=C(C)C=BB1. The van der Waals surface area contributed by atoms with E-state index in [4.69, 9.17) is 0 Å². The molecule has 1 rings (SSSR count). The van der Waals surface area contributed by atoms with Crippen LogP contribution in [0.5, 0.6) is 0 Å². The summed E-state index contributed by atoms with van der Waals surface area (Å²) in [4.78, 5) is 0. The van der Waals surface area contributed by atoms with E-state index in [-0.39, 0.29) is 0 Å². The molecule has 0 aromatic heterocycles. The summed E-state index contributed by atoms with van der Waals surface area (Å²) in [6, 6.07) is 0. The summed E-state index contributed by atoms with van der Waals surface area (Å²) >= 11 is 0. The van der Waals surface area contributed by atoms with Gasteiger partial charge in [0.05, 0.1) is 0 Å². The first kappa shape index (κ1) is 5.61. The van der Waals surface area contributed by atoms with Crippen molar-refractivity contribution in [3.05, 3.63) is 23.7 Å². The molecular weight excluding hydrogens is 93.7 g/mol. The van der Waals surface area contributed by atoms with Crippen molar-refractivity contribution in [1.82, 2.24) is 0 Å². The van der Waals surface area contributed by atoms with Crippen molar-refractivity contribution in [2.24, 2.45) is 0 Å². The van der Waals surface area contributed by atoms with E-state index in [1.807, 2.05) is 6.08 Å². The maximum atomic E-state index is 3.70. The van der Waals surface area contributed by atoms with Gasteiger partial charge in [-0.25, -0.2) is 0 Å². The summed E-state index contributed by atoms with van der Waals surface area (Å²) in [5, 5.41) is 0. The van der Waals surface area contributed by atoms with Crippen LogP contribution in [0.15, 0.2) is 23.7 Å². The summed E-state index contributed by atoms with van der Waals surface area (Å²) in [5.74, 6) is 2.14. The molecule has 8 heavy (non-hydrogen) atoms. The molecule has 0 atom stereocenters. The zero-order valence-corrected chi connectivity index (χ0v) is 5.15. The Labute approximate surface area is 51.4 Å². The molecule has 0 spiro atoms. The summed E-state index contributed by atoms with van der Waals surface area (Å²) in [5.41, 5.74) is 2.73. The Morgan fingerprint density at radius 1 is 1.88 bits per heavy atom. The molecular formula is C6H8B2. The molecule has 0 unspecified atom stereocenters. The molecule has 0 aromatic carbocycles. The van der Waals surface area contributed by atoms with Crippen LogP contribution in [0.4, 0.5) is 0 Å². The van der Waals surface area contributed by atoms with Crippen molar-refractivity contribution in [2.45, 2.75) is 6.92 Å². The van der Waals surface area contributed by atoms with Crippen LogP contribution < -0.4 is 0 Å². The number of rotatable bonds is 1. The second kappa shape index (κ2) is 2.17. The average Bonchev–Trinajstić information content (AvgIpc) is 2.14. The van der Waals surface area contributed by atoms with Crippen molar-refractivity contribution in [3.8, 4) is 0 Å². The standard InChI is InChI=1S/C6H8B2/c1-3-6-5(2)4-7-8-6/h3-4,8H,1H2,2H3. The second-order valence-corrected chi connectivity index (χ2v) is 2.02. The van der Waals surface area contributed by atoms with Gasteiger partial charge in [0, 0.05) is 0 Å². The summed E-state index contributed by atoms with van der Waals surface area (Å²) in [6.45, 7) is 7.97. The summed E-state index contributed by atoms with van der Waals surface area (Å²) < 4.78 is 0. The number of hydrogen-bond acceptors (Lipinski definition) is 0. The van der Waals surface area contributed by atoms with E-state index in [1.54, 1.807) is 0 Å². The molecule has 0 nitrogen and oxygen atoms in total. The minimum atomic E-state index is 1.08. The molecule has 0 aliphatic carbocycles. The first-order chi connectivity index (χ1) is 3.84. The molecule has 0 bridgehead atoms. The van der Waals surface area contributed by atoms with Gasteiger partial charge in [-0.3, -0.25) is 0 Å². The zero-order chi connectivity index (χ0) is 5.98. The first-order valence-corrected chi connectivity index (χ1v) is 2.83. The molecule has 0 radical (unpaired) electrons. The Kier molecular flexibility index (Phi) is 1.52. The second-order valence-electron chi connectivity index (χ2n) is 2.02. The van der Waals surface area contributed by atoms with E-state index in [0.29, 0.717) is 0 Å². The topological polar surface area (TPSA) is 0 Å². The Morgan fingerprint density at radius 2 is 2.62 bits per heavy atom. The van der Waals surface area contributed by atoms with Gasteiger partial charge in [-0.15, -0.1) is 0 Å². The third-order valence-electron chi connectivity index (χ3n) is 1.46. The molecule has 2 heteroatoms. The molecule has 38 valence electrons. The van der Waals surface area contributed by atoms with Crippen molar-refractivity contribution in [1.29, 1.82) is 0 Å². The van der Waals surface area contributed by atoms with Gasteiger partial charge < -0.3 is 0 Å². The van der Waals surface area contributed by atoms with E-state index >= 15 is 0 Å². The quantitative estimate of drug-likeness (QED) is 0.418. The fraction of sp³-hybridized carbons (Fsp3) is 0.167. The molecule has 0 amide bonds. The molecule has 0 aromatic rings. The van der Waals surface area contributed by atoms with Gasteiger partial charge in [0.25, 0.3) is 0 Å². The van der Waals surface area contributed by atoms with Crippen LogP contribution in [0, 0.1) is 0 Å². The third-order valence-corrected chi connectivity index (χ3v) is 1.46. The Bertz CT molecular complexity index is 165. The van der Waals surface area contributed by atoms with Crippen LogP contribution in [0.25, 0.3) is 0 Å². The van der Waals surface area contributed by atoms with E-state index in [2.05, 4.69) is 26.3 Å². The Hall–Kier alpha value is -0.520. The normalized spacial score (nSPS) is 15.6. The molecule has 1 aliphatic heterocycles. The van der Waals surface area contributed by atoms with Gasteiger partial charge in [0.15, 0.2) is 0 Å². The first-order valence-electron chi connectivity index (χ1n) is 2.83. The van der Waals surface area contributed by atoms with Gasteiger partial charge >= 0.3 is 50.6 Å². The van der Waals surface area contributed by atoms with Crippen molar-refractivity contribution in [2.75, 3.05) is 0 Å². The molecule has 0 fully saturated rings. The van der Waals surface area contributed by atoms with Crippen molar-refractivity contribution < 1.29 is 0 Å².